The molecule has 1 saturated heterocycles. The summed E-state index contributed by atoms with van der Waals surface area (Å²) >= 11 is 0. The van der Waals surface area contributed by atoms with Crippen LogP contribution in [0.15, 0.2) is 18.2 Å². The quantitative estimate of drug-likeness (QED) is 0.499. The monoisotopic (exact) mass is 251 g/mol. The Morgan fingerprint density at radius 3 is 3.00 bits per heavy atom. The molecular weight excluding hydrogens is 234 g/mol. The number of benzene rings is 1. The fourth-order valence-electron chi connectivity index (χ4n) is 2.06. The normalized spacial score (nSPS) is 17.3. The highest BCUT2D eigenvalue weighted by Crippen LogP contribution is 2.23. The van der Waals surface area contributed by atoms with E-state index in [1.54, 1.807) is 12.1 Å². The number of rotatable bonds is 3. The third kappa shape index (κ3) is 3.18. The number of nitrogen functional groups attached to an aromatic ring is 1. The molecule has 0 amide bonds. The minimum atomic E-state index is -0.440. The van der Waals surface area contributed by atoms with Crippen molar-refractivity contribution in [3.05, 3.63) is 33.9 Å². The van der Waals surface area contributed by atoms with Crippen molar-refractivity contribution < 1.29 is 9.66 Å². The van der Waals surface area contributed by atoms with Gasteiger partial charge in [0.1, 0.15) is 5.69 Å². The van der Waals surface area contributed by atoms with Gasteiger partial charge < -0.3 is 10.5 Å². The van der Waals surface area contributed by atoms with Crippen LogP contribution in [0, 0.1) is 10.1 Å². The van der Waals surface area contributed by atoms with Crippen LogP contribution in [-0.2, 0) is 11.3 Å². The smallest absolute Gasteiger partial charge is 0.292 e. The Balaban J connectivity index is 2.08. The van der Waals surface area contributed by atoms with Gasteiger partial charge in [0.25, 0.3) is 5.69 Å². The lowest BCUT2D eigenvalue weighted by Gasteiger charge is -2.18. The van der Waals surface area contributed by atoms with E-state index in [0.29, 0.717) is 6.54 Å². The van der Waals surface area contributed by atoms with Gasteiger partial charge in [-0.05, 0) is 18.1 Å². The number of anilines is 1. The van der Waals surface area contributed by atoms with E-state index in [9.17, 15) is 10.1 Å². The number of ether oxygens (including phenoxy) is 1. The molecule has 0 saturated carbocycles. The summed E-state index contributed by atoms with van der Waals surface area (Å²) < 4.78 is 5.37. The van der Waals surface area contributed by atoms with Crippen LogP contribution in [0.3, 0.4) is 0 Å². The minimum absolute atomic E-state index is 0.0152. The lowest BCUT2D eigenvalue weighted by atomic mass is 10.1. The van der Waals surface area contributed by atoms with E-state index in [2.05, 4.69) is 4.90 Å². The third-order valence-corrected chi connectivity index (χ3v) is 3.01. The number of nitro groups is 1. The van der Waals surface area contributed by atoms with Crippen LogP contribution in [0.1, 0.15) is 12.0 Å². The molecule has 18 heavy (non-hydrogen) atoms. The number of nitrogens with two attached hydrogens (primary N) is 1. The largest absolute Gasteiger partial charge is 0.393 e. The maximum atomic E-state index is 10.8. The van der Waals surface area contributed by atoms with Crippen molar-refractivity contribution in [3.63, 3.8) is 0 Å². The molecule has 1 aliphatic rings. The van der Waals surface area contributed by atoms with Crippen molar-refractivity contribution >= 4 is 11.4 Å². The van der Waals surface area contributed by atoms with Crippen LogP contribution in [0.2, 0.25) is 0 Å². The maximum absolute atomic E-state index is 10.8. The zero-order valence-electron chi connectivity index (χ0n) is 10.2. The van der Waals surface area contributed by atoms with Gasteiger partial charge in [0, 0.05) is 32.3 Å². The second-order valence-electron chi connectivity index (χ2n) is 4.39. The van der Waals surface area contributed by atoms with Gasteiger partial charge in [0.05, 0.1) is 11.5 Å². The summed E-state index contributed by atoms with van der Waals surface area (Å²) in [4.78, 5) is 12.6. The van der Waals surface area contributed by atoms with Gasteiger partial charge in [0.15, 0.2) is 0 Å². The highest BCUT2D eigenvalue weighted by atomic mass is 16.6. The molecule has 6 heteroatoms. The summed E-state index contributed by atoms with van der Waals surface area (Å²) in [6, 6.07) is 5.00. The van der Waals surface area contributed by atoms with Gasteiger partial charge >= 0.3 is 0 Å². The summed E-state index contributed by atoms with van der Waals surface area (Å²) in [5, 5.41) is 10.8. The van der Waals surface area contributed by atoms with Gasteiger partial charge in [-0.15, -0.1) is 0 Å². The highest BCUT2D eigenvalue weighted by molar-refractivity contribution is 5.59. The van der Waals surface area contributed by atoms with Crippen LogP contribution in [0.5, 0.6) is 0 Å². The topological polar surface area (TPSA) is 81.6 Å². The number of hydrogen-bond donors (Lipinski definition) is 1. The number of nitrogens with zero attached hydrogens (tertiary/aromatic N) is 2. The molecule has 1 aromatic carbocycles. The van der Waals surface area contributed by atoms with Crippen LogP contribution < -0.4 is 5.73 Å². The summed E-state index contributed by atoms with van der Waals surface area (Å²) in [6.45, 7) is 4.02. The first-order chi connectivity index (χ1) is 8.66. The van der Waals surface area contributed by atoms with E-state index in [1.165, 1.54) is 0 Å². The van der Waals surface area contributed by atoms with E-state index < -0.39 is 4.92 Å². The molecule has 6 nitrogen and oxygen atoms in total. The second kappa shape index (κ2) is 5.79. The van der Waals surface area contributed by atoms with Gasteiger partial charge in [-0.3, -0.25) is 15.0 Å². The molecule has 0 aliphatic carbocycles. The Hall–Kier alpha value is -1.66. The molecule has 1 fully saturated rings. The van der Waals surface area contributed by atoms with E-state index in [-0.39, 0.29) is 11.4 Å². The molecule has 0 spiro atoms. The maximum Gasteiger partial charge on any atom is 0.292 e. The molecule has 2 rings (SSSR count). The van der Waals surface area contributed by atoms with Crippen molar-refractivity contribution in [1.29, 1.82) is 0 Å². The first kappa shape index (κ1) is 12.8. The lowest BCUT2D eigenvalue weighted by molar-refractivity contribution is -0.384. The Kier molecular flexibility index (Phi) is 4.11. The van der Waals surface area contributed by atoms with E-state index >= 15 is 0 Å². The molecular formula is C12H17N3O3. The van der Waals surface area contributed by atoms with Crippen LogP contribution >= 0.6 is 0 Å². The molecule has 1 aliphatic heterocycles. The molecule has 98 valence electrons. The molecule has 2 N–H and O–H groups in total. The molecule has 1 heterocycles. The fourth-order valence-corrected chi connectivity index (χ4v) is 2.06. The van der Waals surface area contributed by atoms with Gasteiger partial charge in [0.2, 0.25) is 0 Å². The molecule has 0 aromatic heterocycles. The first-order valence-electron chi connectivity index (χ1n) is 6.00. The number of hydrogen-bond acceptors (Lipinski definition) is 5. The molecule has 0 radical (unpaired) electrons. The van der Waals surface area contributed by atoms with Gasteiger partial charge in [-0.1, -0.05) is 6.07 Å². The number of nitro benzene ring substituents is 1. The molecule has 0 unspecified atom stereocenters. The fraction of sp³-hybridized carbons (Fsp3) is 0.500. The standard InChI is InChI=1S/C12H17N3O3/c13-11-3-2-10(8-12(11)15(16)17)9-14-4-1-6-18-7-5-14/h2-3,8H,1,4-7,9,13H2. The Bertz CT molecular complexity index is 429. The van der Waals surface area contributed by atoms with Crippen molar-refractivity contribution in [2.24, 2.45) is 0 Å². The van der Waals surface area contributed by atoms with Gasteiger partial charge in [-0.2, -0.15) is 0 Å². The zero-order valence-corrected chi connectivity index (χ0v) is 10.2. The minimum Gasteiger partial charge on any atom is -0.393 e. The average Bonchev–Trinajstić information content (AvgIpc) is 2.60. The van der Waals surface area contributed by atoms with E-state index in [1.807, 2.05) is 6.07 Å². The zero-order chi connectivity index (χ0) is 13.0. The SMILES string of the molecule is Nc1ccc(CN2CCCOCC2)cc1[N+](=O)[O-]. The van der Waals surface area contributed by atoms with Gasteiger partial charge in [-0.25, -0.2) is 0 Å². The van der Waals surface area contributed by atoms with Crippen LogP contribution in [-0.4, -0.2) is 36.1 Å². The van der Waals surface area contributed by atoms with Crippen molar-refractivity contribution in [3.8, 4) is 0 Å². The Labute approximate surface area is 105 Å². The van der Waals surface area contributed by atoms with Crippen LogP contribution in [0.4, 0.5) is 11.4 Å². The van der Waals surface area contributed by atoms with E-state index in [4.69, 9.17) is 10.5 Å². The lowest BCUT2D eigenvalue weighted by Crippen LogP contribution is -2.25. The summed E-state index contributed by atoms with van der Waals surface area (Å²) in [5.41, 5.74) is 6.68. The third-order valence-electron chi connectivity index (χ3n) is 3.01. The predicted octanol–water partition coefficient (Wildman–Crippen LogP) is 1.40. The predicted molar refractivity (Wildman–Crippen MR) is 68.2 cm³/mol. The summed E-state index contributed by atoms with van der Waals surface area (Å²) in [7, 11) is 0. The van der Waals surface area contributed by atoms with Crippen LogP contribution in [0.25, 0.3) is 0 Å². The Morgan fingerprint density at radius 1 is 1.39 bits per heavy atom. The Morgan fingerprint density at radius 2 is 2.22 bits per heavy atom. The highest BCUT2D eigenvalue weighted by Gasteiger charge is 2.14. The van der Waals surface area contributed by atoms with E-state index in [0.717, 1.165) is 38.3 Å². The average molecular weight is 251 g/mol. The molecule has 0 bridgehead atoms. The summed E-state index contributed by atoms with van der Waals surface area (Å²) in [6.07, 6.45) is 0.997. The molecule has 1 aromatic rings. The second-order valence-corrected chi connectivity index (χ2v) is 4.39. The van der Waals surface area contributed by atoms with Crippen molar-refractivity contribution in [2.75, 3.05) is 32.0 Å². The molecule has 0 atom stereocenters. The van der Waals surface area contributed by atoms with Crippen molar-refractivity contribution in [2.45, 2.75) is 13.0 Å². The first-order valence-corrected chi connectivity index (χ1v) is 6.00. The van der Waals surface area contributed by atoms with Crippen molar-refractivity contribution in [1.82, 2.24) is 4.90 Å². The summed E-state index contributed by atoms with van der Waals surface area (Å²) in [5.74, 6) is 0.